The van der Waals surface area contributed by atoms with Crippen LogP contribution >= 0.6 is 0 Å². The fraction of sp³-hybridized carbons (Fsp3) is 0.278. The van der Waals surface area contributed by atoms with Crippen molar-refractivity contribution in [2.75, 3.05) is 18.4 Å². The molecule has 27 heavy (non-hydrogen) atoms. The fourth-order valence-corrected chi connectivity index (χ4v) is 3.97. The summed E-state index contributed by atoms with van der Waals surface area (Å²) in [6.07, 6.45) is 0.518. The number of nitro benzene ring substituents is 1. The van der Waals surface area contributed by atoms with Crippen LogP contribution in [0.5, 0.6) is 0 Å². The van der Waals surface area contributed by atoms with E-state index in [0.717, 1.165) is 22.0 Å². The van der Waals surface area contributed by atoms with E-state index < -0.39 is 20.9 Å². The van der Waals surface area contributed by atoms with E-state index in [1.54, 1.807) is 19.1 Å². The number of nitrogens with one attached hydrogen (secondary N) is 1. The topological polar surface area (TPSA) is 110 Å². The highest BCUT2D eigenvalue weighted by Gasteiger charge is 2.26. The van der Waals surface area contributed by atoms with Crippen LogP contribution in [-0.4, -0.2) is 36.6 Å². The second-order valence-corrected chi connectivity index (χ2v) is 7.89. The van der Waals surface area contributed by atoms with Gasteiger partial charge in [0.1, 0.15) is 0 Å². The summed E-state index contributed by atoms with van der Waals surface area (Å²) >= 11 is 0. The lowest BCUT2D eigenvalue weighted by Crippen LogP contribution is -2.38. The van der Waals surface area contributed by atoms with E-state index >= 15 is 0 Å². The minimum Gasteiger partial charge on any atom is -0.325 e. The van der Waals surface area contributed by atoms with Gasteiger partial charge in [0, 0.05) is 24.4 Å². The van der Waals surface area contributed by atoms with Crippen LogP contribution in [0.25, 0.3) is 0 Å². The Morgan fingerprint density at radius 2 is 1.78 bits per heavy atom. The van der Waals surface area contributed by atoms with Gasteiger partial charge in [-0.1, -0.05) is 25.1 Å². The summed E-state index contributed by atoms with van der Waals surface area (Å²) in [4.78, 5) is 22.4. The lowest BCUT2D eigenvalue weighted by molar-refractivity contribution is -0.384. The molecule has 0 unspecified atom stereocenters. The molecule has 9 heteroatoms. The van der Waals surface area contributed by atoms with Crippen molar-refractivity contribution in [3.8, 4) is 0 Å². The maximum atomic E-state index is 12.8. The Morgan fingerprint density at radius 3 is 2.33 bits per heavy atom. The molecule has 0 heterocycles. The van der Waals surface area contributed by atoms with Crippen molar-refractivity contribution in [2.45, 2.75) is 25.2 Å². The summed E-state index contributed by atoms with van der Waals surface area (Å²) in [5.41, 5.74) is 1.28. The summed E-state index contributed by atoms with van der Waals surface area (Å²) in [7, 11) is -3.95. The fourth-order valence-electron chi connectivity index (χ4n) is 2.49. The summed E-state index contributed by atoms with van der Waals surface area (Å²) < 4.78 is 26.7. The largest absolute Gasteiger partial charge is 0.325 e. The van der Waals surface area contributed by atoms with Crippen molar-refractivity contribution < 1.29 is 18.1 Å². The molecule has 0 aliphatic heterocycles. The Hall–Kier alpha value is -2.78. The maximum Gasteiger partial charge on any atom is 0.269 e. The number of carbonyl (C=O) groups excluding carboxylic acids is 1. The van der Waals surface area contributed by atoms with Gasteiger partial charge in [-0.15, -0.1) is 0 Å². The van der Waals surface area contributed by atoms with Gasteiger partial charge in [-0.2, -0.15) is 4.31 Å². The highest BCUT2D eigenvalue weighted by atomic mass is 32.2. The Morgan fingerprint density at radius 1 is 1.15 bits per heavy atom. The second-order valence-electron chi connectivity index (χ2n) is 5.95. The molecule has 2 rings (SSSR count). The molecule has 0 saturated carbocycles. The van der Waals surface area contributed by atoms with Crippen molar-refractivity contribution in [1.82, 2.24) is 4.31 Å². The van der Waals surface area contributed by atoms with E-state index in [-0.39, 0.29) is 23.7 Å². The molecule has 2 aromatic rings. The molecule has 1 amide bonds. The minimum absolute atomic E-state index is 0.0924. The zero-order valence-electron chi connectivity index (χ0n) is 15.1. The number of rotatable bonds is 8. The van der Waals surface area contributed by atoms with Crippen LogP contribution in [-0.2, 0) is 14.8 Å². The Labute approximate surface area is 158 Å². The highest BCUT2D eigenvalue weighted by Crippen LogP contribution is 2.20. The van der Waals surface area contributed by atoms with Crippen molar-refractivity contribution in [2.24, 2.45) is 0 Å². The molecule has 0 spiro atoms. The zero-order valence-corrected chi connectivity index (χ0v) is 15.9. The summed E-state index contributed by atoms with van der Waals surface area (Å²) in [6, 6.07) is 11.8. The van der Waals surface area contributed by atoms with Gasteiger partial charge in [0.15, 0.2) is 0 Å². The standard InChI is InChI=1S/C18H21N3O5S/c1-3-12-20(13-18(22)19-17-7-5-4-6-14(17)2)27(25,26)16-10-8-15(9-11-16)21(23)24/h4-11H,3,12-13H2,1-2H3,(H,19,22). The van der Waals surface area contributed by atoms with E-state index in [2.05, 4.69) is 5.32 Å². The van der Waals surface area contributed by atoms with Crippen molar-refractivity contribution in [1.29, 1.82) is 0 Å². The monoisotopic (exact) mass is 391 g/mol. The van der Waals surface area contributed by atoms with Crippen LogP contribution in [0.15, 0.2) is 53.4 Å². The van der Waals surface area contributed by atoms with Gasteiger partial charge in [0.25, 0.3) is 5.69 Å². The van der Waals surface area contributed by atoms with Gasteiger partial charge in [0.05, 0.1) is 16.4 Å². The quantitative estimate of drug-likeness (QED) is 0.549. The molecule has 0 bridgehead atoms. The number of benzene rings is 2. The number of non-ortho nitro benzene ring substituents is 1. The van der Waals surface area contributed by atoms with Crippen LogP contribution in [0, 0.1) is 17.0 Å². The number of hydrogen-bond donors (Lipinski definition) is 1. The SMILES string of the molecule is CCCN(CC(=O)Nc1ccccc1C)S(=O)(=O)c1ccc([N+](=O)[O-])cc1. The van der Waals surface area contributed by atoms with Gasteiger partial charge < -0.3 is 5.32 Å². The van der Waals surface area contributed by atoms with Crippen LogP contribution in [0.2, 0.25) is 0 Å². The van der Waals surface area contributed by atoms with Gasteiger partial charge in [-0.25, -0.2) is 8.42 Å². The first-order valence-corrected chi connectivity index (χ1v) is 9.79. The van der Waals surface area contributed by atoms with E-state index in [4.69, 9.17) is 0 Å². The van der Waals surface area contributed by atoms with Crippen molar-refractivity contribution in [3.63, 3.8) is 0 Å². The first-order valence-electron chi connectivity index (χ1n) is 8.35. The molecular formula is C18H21N3O5S. The number of hydrogen-bond acceptors (Lipinski definition) is 5. The average Bonchev–Trinajstić information content (AvgIpc) is 2.63. The number of aryl methyl sites for hydroxylation is 1. The van der Waals surface area contributed by atoms with Gasteiger partial charge in [0.2, 0.25) is 15.9 Å². The molecule has 0 aliphatic carbocycles. The summed E-state index contributed by atoms with van der Waals surface area (Å²) in [5, 5.41) is 13.4. The van der Waals surface area contributed by atoms with E-state index in [0.29, 0.717) is 12.1 Å². The number of carbonyl (C=O) groups is 1. The number of para-hydroxylation sites is 1. The highest BCUT2D eigenvalue weighted by molar-refractivity contribution is 7.89. The summed E-state index contributed by atoms with van der Waals surface area (Å²) in [5.74, 6) is -0.455. The molecule has 144 valence electrons. The number of anilines is 1. The normalized spacial score (nSPS) is 11.4. The molecule has 0 atom stereocenters. The maximum absolute atomic E-state index is 12.8. The molecule has 0 aliphatic rings. The molecule has 0 aromatic heterocycles. The third-order valence-corrected chi connectivity index (χ3v) is 5.76. The number of nitrogens with zero attached hydrogens (tertiary/aromatic N) is 2. The molecule has 2 aromatic carbocycles. The number of nitro groups is 1. The predicted octanol–water partition coefficient (Wildman–Crippen LogP) is 2.94. The van der Waals surface area contributed by atoms with E-state index in [9.17, 15) is 23.3 Å². The number of sulfonamides is 1. The third kappa shape index (κ3) is 5.11. The van der Waals surface area contributed by atoms with Gasteiger partial charge >= 0.3 is 0 Å². The van der Waals surface area contributed by atoms with Crippen LogP contribution in [0.3, 0.4) is 0 Å². The molecule has 1 N–H and O–H groups in total. The molecule has 0 saturated heterocycles. The smallest absolute Gasteiger partial charge is 0.269 e. The molecular weight excluding hydrogens is 370 g/mol. The van der Waals surface area contributed by atoms with Gasteiger partial charge in [-0.3, -0.25) is 14.9 Å². The van der Waals surface area contributed by atoms with E-state index in [1.165, 1.54) is 12.1 Å². The van der Waals surface area contributed by atoms with E-state index in [1.807, 2.05) is 19.1 Å². The predicted molar refractivity (Wildman–Crippen MR) is 102 cm³/mol. The Bertz CT molecular complexity index is 926. The minimum atomic E-state index is -3.95. The first-order chi connectivity index (χ1) is 12.8. The van der Waals surface area contributed by atoms with Crippen molar-refractivity contribution in [3.05, 3.63) is 64.2 Å². The Balaban J connectivity index is 2.20. The first kappa shape index (κ1) is 20.5. The average molecular weight is 391 g/mol. The molecule has 8 nitrogen and oxygen atoms in total. The zero-order chi connectivity index (χ0) is 20.0. The lowest BCUT2D eigenvalue weighted by Gasteiger charge is -2.21. The Kier molecular flexibility index (Phi) is 6.65. The van der Waals surface area contributed by atoms with Crippen LogP contribution in [0.1, 0.15) is 18.9 Å². The molecule has 0 radical (unpaired) electrons. The third-order valence-electron chi connectivity index (χ3n) is 3.90. The second kappa shape index (κ2) is 8.74. The van der Waals surface area contributed by atoms with Gasteiger partial charge in [-0.05, 0) is 37.1 Å². The lowest BCUT2D eigenvalue weighted by atomic mass is 10.2. The summed E-state index contributed by atoms with van der Waals surface area (Å²) in [6.45, 7) is 3.45. The van der Waals surface area contributed by atoms with Crippen molar-refractivity contribution >= 4 is 27.3 Å². The molecule has 0 fully saturated rings. The van der Waals surface area contributed by atoms with Crippen LogP contribution in [0.4, 0.5) is 11.4 Å². The number of amides is 1. The van der Waals surface area contributed by atoms with Crippen LogP contribution < -0.4 is 5.32 Å².